The number of pyridine rings is 1. The molecule has 4 aliphatic rings. The van der Waals surface area contributed by atoms with Gasteiger partial charge in [0, 0.05) is 29.1 Å². The number of carbonyl (C=O) groups is 1. The van der Waals surface area contributed by atoms with E-state index in [1.807, 2.05) is 0 Å². The van der Waals surface area contributed by atoms with Gasteiger partial charge in [-0.15, -0.1) is 0 Å². The van der Waals surface area contributed by atoms with Crippen LogP contribution in [-0.4, -0.2) is 27.8 Å². The molecule has 7 atom stereocenters. The van der Waals surface area contributed by atoms with Crippen LogP contribution in [0.2, 0.25) is 0 Å². The van der Waals surface area contributed by atoms with Crippen molar-refractivity contribution in [1.82, 2.24) is 10.4 Å². The minimum absolute atomic E-state index is 0.0808. The SMILES string of the molecule is C[C@]12CC[C@@H](O)C[C@@H]1CC[C@H]1[C@H]2CC[C@]2(C)/C(=N/NC(=O)c3ccncc3)CC[C@@H]12. The van der Waals surface area contributed by atoms with Crippen molar-refractivity contribution in [3.8, 4) is 0 Å². The molecule has 0 spiro atoms. The Bertz CT molecular complexity index is 840. The highest BCUT2D eigenvalue weighted by Gasteiger charge is 2.59. The Morgan fingerprint density at radius 3 is 2.70 bits per heavy atom. The lowest BCUT2D eigenvalue weighted by Crippen LogP contribution is -2.54. The lowest BCUT2D eigenvalue weighted by molar-refractivity contribution is -0.113. The van der Waals surface area contributed by atoms with Gasteiger partial charge in [-0.2, -0.15) is 5.10 Å². The molecule has 30 heavy (non-hydrogen) atoms. The summed E-state index contributed by atoms with van der Waals surface area (Å²) in [5, 5.41) is 14.9. The highest BCUT2D eigenvalue weighted by Crippen LogP contribution is 2.65. The molecule has 0 bridgehead atoms. The lowest BCUT2D eigenvalue weighted by Gasteiger charge is -2.60. The van der Waals surface area contributed by atoms with Crippen molar-refractivity contribution in [1.29, 1.82) is 0 Å². The summed E-state index contributed by atoms with van der Waals surface area (Å²) in [7, 11) is 0. The van der Waals surface area contributed by atoms with Crippen LogP contribution in [0.5, 0.6) is 0 Å². The molecule has 5 heteroatoms. The van der Waals surface area contributed by atoms with Gasteiger partial charge in [0.15, 0.2) is 0 Å². The summed E-state index contributed by atoms with van der Waals surface area (Å²) in [5.74, 6) is 2.77. The average molecular weight is 410 g/mol. The smallest absolute Gasteiger partial charge is 0.271 e. The number of fused-ring (bicyclic) bond motifs is 5. The van der Waals surface area contributed by atoms with Crippen molar-refractivity contribution in [3.63, 3.8) is 0 Å². The van der Waals surface area contributed by atoms with Crippen molar-refractivity contribution >= 4 is 11.6 Å². The molecule has 1 aromatic rings. The van der Waals surface area contributed by atoms with Gasteiger partial charge < -0.3 is 5.11 Å². The maximum atomic E-state index is 12.5. The number of hydrogen-bond donors (Lipinski definition) is 2. The summed E-state index contributed by atoms with van der Waals surface area (Å²) >= 11 is 0. The van der Waals surface area contributed by atoms with Crippen molar-refractivity contribution < 1.29 is 9.90 Å². The maximum absolute atomic E-state index is 12.5. The van der Waals surface area contributed by atoms with Crippen LogP contribution in [0.15, 0.2) is 29.6 Å². The van der Waals surface area contributed by atoms with Gasteiger partial charge in [0.05, 0.1) is 6.10 Å². The zero-order valence-electron chi connectivity index (χ0n) is 18.3. The first-order chi connectivity index (χ1) is 14.4. The summed E-state index contributed by atoms with van der Waals surface area (Å²) in [6.45, 7) is 4.93. The van der Waals surface area contributed by atoms with Gasteiger partial charge in [0.1, 0.15) is 0 Å². The molecule has 4 saturated carbocycles. The zero-order chi connectivity index (χ0) is 20.9. The van der Waals surface area contributed by atoms with E-state index in [0.29, 0.717) is 22.8 Å². The number of amides is 1. The summed E-state index contributed by atoms with van der Waals surface area (Å²) in [6.07, 6.45) is 13.6. The molecule has 4 fully saturated rings. The Morgan fingerprint density at radius 2 is 1.90 bits per heavy atom. The fraction of sp³-hybridized carbons (Fsp3) is 0.720. The average Bonchev–Trinajstić information content (AvgIpc) is 3.09. The van der Waals surface area contributed by atoms with Crippen LogP contribution in [0.25, 0.3) is 0 Å². The van der Waals surface area contributed by atoms with Crippen LogP contribution in [0.3, 0.4) is 0 Å². The lowest BCUT2D eigenvalue weighted by atomic mass is 9.45. The summed E-state index contributed by atoms with van der Waals surface area (Å²) in [4.78, 5) is 16.4. The molecular weight excluding hydrogens is 374 g/mol. The summed E-state index contributed by atoms with van der Waals surface area (Å²) in [6, 6.07) is 3.44. The fourth-order valence-electron chi connectivity index (χ4n) is 7.89. The van der Waals surface area contributed by atoms with E-state index in [0.717, 1.165) is 31.1 Å². The molecule has 0 aromatic carbocycles. The van der Waals surface area contributed by atoms with Crippen molar-refractivity contribution in [3.05, 3.63) is 30.1 Å². The first-order valence-corrected chi connectivity index (χ1v) is 11.9. The molecule has 0 aliphatic heterocycles. The predicted octanol–water partition coefficient (Wildman–Crippen LogP) is 4.57. The number of nitrogens with zero attached hydrogens (tertiary/aromatic N) is 2. The molecule has 5 nitrogen and oxygen atoms in total. The number of aliphatic hydroxyl groups excluding tert-OH is 1. The number of aromatic nitrogens is 1. The molecule has 0 unspecified atom stereocenters. The minimum Gasteiger partial charge on any atom is -0.393 e. The van der Waals surface area contributed by atoms with E-state index < -0.39 is 0 Å². The van der Waals surface area contributed by atoms with E-state index in [1.54, 1.807) is 24.5 Å². The molecule has 1 amide bonds. The minimum atomic E-state index is -0.153. The van der Waals surface area contributed by atoms with Crippen LogP contribution in [0.1, 0.15) is 82.0 Å². The third-order valence-electron chi connectivity index (χ3n) is 9.61. The van der Waals surface area contributed by atoms with E-state index in [9.17, 15) is 9.90 Å². The number of nitrogens with one attached hydrogen (secondary N) is 1. The third kappa shape index (κ3) is 3.12. The Morgan fingerprint density at radius 1 is 1.10 bits per heavy atom. The van der Waals surface area contributed by atoms with Gasteiger partial charge in [-0.3, -0.25) is 9.78 Å². The molecule has 4 aliphatic carbocycles. The first kappa shape index (κ1) is 20.2. The van der Waals surface area contributed by atoms with Crippen molar-refractivity contribution in [2.24, 2.45) is 39.6 Å². The second-order valence-corrected chi connectivity index (χ2v) is 10.8. The van der Waals surface area contributed by atoms with Crippen molar-refractivity contribution in [2.45, 2.75) is 77.7 Å². The number of rotatable bonds is 2. The largest absolute Gasteiger partial charge is 0.393 e. The Balaban J connectivity index is 1.33. The molecule has 1 aromatic heterocycles. The molecule has 0 saturated heterocycles. The molecule has 1 heterocycles. The van der Waals surface area contributed by atoms with Crippen LogP contribution in [0.4, 0.5) is 0 Å². The highest BCUT2D eigenvalue weighted by atomic mass is 16.3. The third-order valence-corrected chi connectivity index (χ3v) is 9.61. The zero-order valence-corrected chi connectivity index (χ0v) is 18.3. The van der Waals surface area contributed by atoms with Gasteiger partial charge in [0.2, 0.25) is 0 Å². The Labute approximate surface area is 179 Å². The van der Waals surface area contributed by atoms with E-state index in [1.165, 1.54) is 44.2 Å². The maximum Gasteiger partial charge on any atom is 0.271 e. The standard InChI is InChI=1S/C25H35N3O2/c1-24-11-7-18(29)15-17(24)3-4-19-20-5-6-22(25(20,2)12-8-21(19)24)27-28-23(30)16-9-13-26-14-10-16/h9-10,13-14,17-21,29H,3-8,11-12,15H2,1-2H3,(H,28,30)/b27-22+/t17-,18+,19+,20-,21+,24-,25-/m0/s1. The predicted molar refractivity (Wildman–Crippen MR) is 117 cm³/mol. The fourth-order valence-corrected chi connectivity index (χ4v) is 7.89. The van der Waals surface area contributed by atoms with E-state index in [-0.39, 0.29) is 17.4 Å². The first-order valence-electron chi connectivity index (χ1n) is 11.9. The van der Waals surface area contributed by atoms with Gasteiger partial charge in [-0.05, 0) is 99.0 Å². The summed E-state index contributed by atoms with van der Waals surface area (Å²) in [5.41, 5.74) is 5.13. The van der Waals surface area contributed by atoms with E-state index in [2.05, 4.69) is 29.4 Å². The quantitative estimate of drug-likeness (QED) is 0.703. The van der Waals surface area contributed by atoms with E-state index >= 15 is 0 Å². The Hall–Kier alpha value is -1.75. The number of hydrazone groups is 1. The van der Waals surface area contributed by atoms with Gasteiger partial charge in [-0.1, -0.05) is 13.8 Å². The Kier molecular flexibility index (Phi) is 5.00. The molecule has 0 radical (unpaired) electrons. The highest BCUT2D eigenvalue weighted by molar-refractivity contribution is 5.97. The molecular formula is C25H35N3O2. The molecule has 5 rings (SSSR count). The number of hydrogen-bond acceptors (Lipinski definition) is 4. The van der Waals surface area contributed by atoms with Crippen LogP contribution < -0.4 is 5.43 Å². The normalized spacial score (nSPS) is 44.1. The van der Waals surface area contributed by atoms with Gasteiger partial charge >= 0.3 is 0 Å². The molecule has 2 N–H and O–H groups in total. The topological polar surface area (TPSA) is 74.6 Å². The van der Waals surface area contributed by atoms with Crippen LogP contribution >= 0.6 is 0 Å². The van der Waals surface area contributed by atoms with E-state index in [4.69, 9.17) is 0 Å². The monoisotopic (exact) mass is 409 g/mol. The summed E-state index contributed by atoms with van der Waals surface area (Å²) < 4.78 is 0. The molecule has 162 valence electrons. The number of carbonyl (C=O) groups excluding carboxylic acids is 1. The van der Waals surface area contributed by atoms with Gasteiger partial charge in [0.25, 0.3) is 5.91 Å². The second kappa shape index (κ2) is 7.44. The van der Waals surface area contributed by atoms with Gasteiger partial charge in [-0.25, -0.2) is 5.43 Å². The van der Waals surface area contributed by atoms with Crippen LogP contribution in [0, 0.1) is 34.5 Å². The van der Waals surface area contributed by atoms with Crippen LogP contribution in [-0.2, 0) is 0 Å². The second-order valence-electron chi connectivity index (χ2n) is 10.8. The van der Waals surface area contributed by atoms with Crippen molar-refractivity contribution in [2.75, 3.05) is 0 Å². The number of aliphatic hydroxyl groups is 1.